The number of aromatic nitrogens is 1. The number of nitrogens with zero attached hydrogens (tertiary/aromatic N) is 3. The first-order chi connectivity index (χ1) is 15.8. The lowest BCUT2D eigenvalue weighted by molar-refractivity contribution is -0.111. The van der Waals surface area contributed by atoms with E-state index in [4.69, 9.17) is 16.3 Å². The molecule has 2 aromatic carbocycles. The number of carbonyl (C=O) groups excluding carboxylic acids is 1. The van der Waals surface area contributed by atoms with Gasteiger partial charge in [-0.25, -0.2) is 4.39 Å². The summed E-state index contributed by atoms with van der Waals surface area (Å²) in [6, 6.07) is 9.67. The van der Waals surface area contributed by atoms with Gasteiger partial charge in [-0.1, -0.05) is 17.7 Å². The zero-order valence-electron chi connectivity index (χ0n) is 18.4. The van der Waals surface area contributed by atoms with E-state index in [2.05, 4.69) is 21.7 Å². The monoisotopic (exact) mass is 467 g/mol. The molecule has 33 heavy (non-hydrogen) atoms. The number of likely N-dealkylation sites (N-methyl/N-ethyl adjacent to an activating group) is 1. The van der Waals surface area contributed by atoms with E-state index in [0.29, 0.717) is 46.9 Å². The Labute approximate surface area is 196 Å². The summed E-state index contributed by atoms with van der Waals surface area (Å²) in [4.78, 5) is 18.7. The topological polar surface area (TPSA) is 90.3 Å². The normalized spacial score (nSPS) is 11.1. The molecule has 9 heteroatoms. The summed E-state index contributed by atoms with van der Waals surface area (Å²) in [6.45, 7) is 2.85. The van der Waals surface area contributed by atoms with E-state index in [-0.39, 0.29) is 16.5 Å². The first-order valence-corrected chi connectivity index (χ1v) is 10.5. The fraction of sp³-hybridized carbons (Fsp3) is 0.208. The quantitative estimate of drug-likeness (QED) is 0.448. The van der Waals surface area contributed by atoms with Gasteiger partial charge in [0.15, 0.2) is 0 Å². The first-order valence-electron chi connectivity index (χ1n) is 10.2. The van der Waals surface area contributed by atoms with Crippen LogP contribution in [0.25, 0.3) is 10.9 Å². The summed E-state index contributed by atoms with van der Waals surface area (Å²) in [6.07, 6.45) is 4.63. The Bertz CT molecular complexity index is 1250. The Morgan fingerprint density at radius 2 is 2.12 bits per heavy atom. The van der Waals surface area contributed by atoms with Gasteiger partial charge in [-0.2, -0.15) is 5.26 Å². The lowest BCUT2D eigenvalue weighted by Gasteiger charge is -2.16. The maximum Gasteiger partial charge on any atom is 0.248 e. The lowest BCUT2D eigenvalue weighted by Crippen LogP contribution is -2.13. The van der Waals surface area contributed by atoms with Gasteiger partial charge in [0.05, 0.1) is 34.1 Å². The van der Waals surface area contributed by atoms with Crippen molar-refractivity contribution >= 4 is 45.5 Å². The predicted molar refractivity (Wildman–Crippen MR) is 129 cm³/mol. The van der Waals surface area contributed by atoms with Gasteiger partial charge < -0.3 is 20.3 Å². The van der Waals surface area contributed by atoms with Gasteiger partial charge in [0.1, 0.15) is 17.6 Å². The van der Waals surface area contributed by atoms with Crippen LogP contribution < -0.4 is 15.4 Å². The molecule has 7 nitrogen and oxygen atoms in total. The van der Waals surface area contributed by atoms with E-state index < -0.39 is 5.82 Å². The minimum atomic E-state index is -0.545. The van der Waals surface area contributed by atoms with Crippen LogP contribution >= 0.6 is 11.6 Å². The highest BCUT2D eigenvalue weighted by Gasteiger charge is 2.15. The van der Waals surface area contributed by atoms with Crippen LogP contribution in [0.15, 0.2) is 48.7 Å². The third-order valence-corrected chi connectivity index (χ3v) is 4.87. The van der Waals surface area contributed by atoms with E-state index >= 15 is 0 Å². The van der Waals surface area contributed by atoms with Crippen LogP contribution in [0.2, 0.25) is 5.02 Å². The average Bonchev–Trinajstić information content (AvgIpc) is 2.77. The highest BCUT2D eigenvalue weighted by Crippen LogP contribution is 2.36. The predicted octanol–water partition coefficient (Wildman–Crippen LogP) is 5.10. The number of anilines is 3. The molecule has 2 N–H and O–H groups in total. The third kappa shape index (κ3) is 5.98. The van der Waals surface area contributed by atoms with Crippen molar-refractivity contribution in [3.05, 3.63) is 65.1 Å². The van der Waals surface area contributed by atoms with E-state index in [1.54, 1.807) is 18.2 Å². The second kappa shape index (κ2) is 10.8. The number of hydrogen-bond acceptors (Lipinski definition) is 6. The molecule has 170 valence electrons. The molecule has 0 spiro atoms. The van der Waals surface area contributed by atoms with Gasteiger partial charge in [0.25, 0.3) is 0 Å². The summed E-state index contributed by atoms with van der Waals surface area (Å²) in [5.41, 5.74) is 2.20. The number of pyridine rings is 1. The maximum absolute atomic E-state index is 13.6. The minimum Gasteiger partial charge on any atom is -0.492 e. The number of rotatable bonds is 8. The number of hydrogen-bond donors (Lipinski definition) is 2. The fourth-order valence-corrected chi connectivity index (χ4v) is 3.26. The van der Waals surface area contributed by atoms with Gasteiger partial charge >= 0.3 is 0 Å². The highest BCUT2D eigenvalue weighted by molar-refractivity contribution is 6.31. The molecule has 0 saturated carbocycles. The van der Waals surface area contributed by atoms with E-state index in [1.165, 1.54) is 30.5 Å². The molecule has 1 amide bonds. The molecule has 0 fully saturated rings. The van der Waals surface area contributed by atoms with Gasteiger partial charge in [0.2, 0.25) is 5.91 Å². The number of benzene rings is 2. The smallest absolute Gasteiger partial charge is 0.248 e. The standard InChI is InChI=1S/C24H23ClFN5O2/c1-4-33-22-12-20-17(11-21(22)30-23(32)6-5-9-31(2)3)24(15(13-27)14-28-20)29-16-7-8-19(26)18(25)10-16/h5-8,10-12,14H,4,9H2,1-3H3,(H,28,29)(H,30,32). The van der Waals surface area contributed by atoms with Crippen molar-refractivity contribution in [3.8, 4) is 11.8 Å². The van der Waals surface area contributed by atoms with Crippen molar-refractivity contribution in [2.75, 3.05) is 37.9 Å². The second-order valence-corrected chi connectivity index (χ2v) is 7.77. The van der Waals surface area contributed by atoms with Gasteiger partial charge in [0, 0.05) is 36.0 Å². The van der Waals surface area contributed by atoms with Crippen LogP contribution in [-0.4, -0.2) is 43.0 Å². The Morgan fingerprint density at radius 3 is 2.79 bits per heavy atom. The SMILES string of the molecule is CCOc1cc2ncc(C#N)c(Nc3ccc(F)c(Cl)c3)c2cc1NC(=O)C=CCN(C)C. The van der Waals surface area contributed by atoms with E-state index in [1.807, 2.05) is 25.9 Å². The van der Waals surface area contributed by atoms with Crippen LogP contribution in [0, 0.1) is 17.1 Å². The zero-order chi connectivity index (χ0) is 24.0. The number of fused-ring (bicyclic) bond motifs is 1. The zero-order valence-corrected chi connectivity index (χ0v) is 19.2. The summed E-state index contributed by atoms with van der Waals surface area (Å²) in [5.74, 6) is -0.412. The van der Waals surface area contributed by atoms with Gasteiger partial charge in [-0.05, 0) is 45.3 Å². The molecule has 0 aliphatic heterocycles. The van der Waals surface area contributed by atoms with Crippen molar-refractivity contribution in [3.63, 3.8) is 0 Å². The molecule has 0 bridgehead atoms. The molecular weight excluding hydrogens is 445 g/mol. The fourth-order valence-electron chi connectivity index (χ4n) is 3.08. The molecule has 3 rings (SSSR count). The van der Waals surface area contributed by atoms with Gasteiger partial charge in [-0.15, -0.1) is 0 Å². The first kappa shape index (κ1) is 24.0. The van der Waals surface area contributed by atoms with Crippen molar-refractivity contribution in [1.29, 1.82) is 5.26 Å². The molecule has 0 unspecified atom stereocenters. The number of amides is 1. The van der Waals surface area contributed by atoms with Crippen LogP contribution in [0.3, 0.4) is 0 Å². The molecule has 0 saturated heterocycles. The maximum atomic E-state index is 13.6. The molecule has 0 aliphatic carbocycles. The summed E-state index contributed by atoms with van der Waals surface area (Å²) < 4.78 is 19.3. The Morgan fingerprint density at radius 1 is 1.33 bits per heavy atom. The van der Waals surface area contributed by atoms with Gasteiger partial charge in [-0.3, -0.25) is 9.78 Å². The molecular formula is C24H23ClFN5O2. The summed E-state index contributed by atoms with van der Waals surface area (Å²) in [7, 11) is 3.81. The lowest BCUT2D eigenvalue weighted by atomic mass is 10.1. The average molecular weight is 468 g/mol. The Balaban J connectivity index is 2.07. The van der Waals surface area contributed by atoms with Crippen LogP contribution in [-0.2, 0) is 4.79 Å². The minimum absolute atomic E-state index is 0.0482. The van der Waals surface area contributed by atoms with E-state index in [0.717, 1.165) is 0 Å². The number of carbonyl (C=O) groups is 1. The Hall–Kier alpha value is -3.67. The molecule has 1 heterocycles. The van der Waals surface area contributed by atoms with Crippen molar-refractivity contribution < 1.29 is 13.9 Å². The van der Waals surface area contributed by atoms with Crippen LogP contribution in [0.1, 0.15) is 12.5 Å². The van der Waals surface area contributed by atoms with Crippen molar-refractivity contribution in [2.24, 2.45) is 0 Å². The molecule has 0 aliphatic rings. The van der Waals surface area contributed by atoms with Crippen molar-refractivity contribution in [2.45, 2.75) is 6.92 Å². The summed E-state index contributed by atoms with van der Waals surface area (Å²) >= 11 is 5.91. The molecule has 0 atom stereocenters. The number of halogens is 2. The highest BCUT2D eigenvalue weighted by atomic mass is 35.5. The number of nitriles is 1. The molecule has 1 aromatic heterocycles. The second-order valence-electron chi connectivity index (χ2n) is 7.36. The third-order valence-electron chi connectivity index (χ3n) is 4.58. The largest absolute Gasteiger partial charge is 0.492 e. The number of nitrogens with one attached hydrogen (secondary N) is 2. The summed E-state index contributed by atoms with van der Waals surface area (Å²) in [5, 5.41) is 16.1. The molecule has 3 aromatic rings. The Kier molecular flexibility index (Phi) is 7.83. The van der Waals surface area contributed by atoms with E-state index in [9.17, 15) is 14.4 Å². The van der Waals surface area contributed by atoms with Crippen molar-refractivity contribution in [1.82, 2.24) is 9.88 Å². The molecule has 0 radical (unpaired) electrons. The van der Waals surface area contributed by atoms with Crippen LogP contribution in [0.4, 0.5) is 21.5 Å². The number of ether oxygens (including phenoxy) is 1. The van der Waals surface area contributed by atoms with Crippen LogP contribution in [0.5, 0.6) is 5.75 Å².